The van der Waals surface area contributed by atoms with Gasteiger partial charge in [-0.3, -0.25) is 0 Å². The summed E-state index contributed by atoms with van der Waals surface area (Å²) in [4.78, 5) is 5.64. The molecule has 1 rings (SSSR count). The molecule has 4 heteroatoms. The first-order chi connectivity index (χ1) is 6.24. The summed E-state index contributed by atoms with van der Waals surface area (Å²) >= 11 is 1.69. The molecule has 1 aromatic rings. The van der Waals surface area contributed by atoms with Crippen molar-refractivity contribution in [2.45, 2.75) is 20.8 Å². The standard InChI is InChI=1S/C9H16N2OS/c1-4-12-6-5-10-9-11-7(2)8(3)13-9/h4-6H2,1-3H3,(H,10,11). The zero-order valence-corrected chi connectivity index (χ0v) is 9.20. The summed E-state index contributed by atoms with van der Waals surface area (Å²) in [7, 11) is 0. The van der Waals surface area contributed by atoms with Crippen LogP contribution in [0.15, 0.2) is 0 Å². The molecule has 74 valence electrons. The summed E-state index contributed by atoms with van der Waals surface area (Å²) in [5, 5.41) is 4.22. The van der Waals surface area contributed by atoms with Crippen LogP contribution in [-0.2, 0) is 4.74 Å². The second-order valence-electron chi connectivity index (χ2n) is 2.78. The van der Waals surface area contributed by atoms with Crippen LogP contribution in [0.25, 0.3) is 0 Å². The molecule has 0 saturated heterocycles. The minimum absolute atomic E-state index is 0.744. The van der Waals surface area contributed by atoms with Crippen LogP contribution in [0.3, 0.4) is 0 Å². The van der Waals surface area contributed by atoms with Crippen molar-refractivity contribution in [2.75, 3.05) is 25.1 Å². The maximum absolute atomic E-state index is 5.21. The lowest BCUT2D eigenvalue weighted by atomic mass is 10.4. The minimum atomic E-state index is 0.744. The molecule has 0 aliphatic carbocycles. The Labute approximate surface area is 83.1 Å². The SMILES string of the molecule is CCOCCNc1nc(C)c(C)s1. The molecule has 0 spiro atoms. The molecule has 1 heterocycles. The van der Waals surface area contributed by atoms with Crippen molar-refractivity contribution in [1.29, 1.82) is 0 Å². The monoisotopic (exact) mass is 200 g/mol. The number of nitrogens with one attached hydrogen (secondary N) is 1. The minimum Gasteiger partial charge on any atom is -0.380 e. The highest BCUT2D eigenvalue weighted by atomic mass is 32.1. The number of ether oxygens (including phenoxy) is 1. The lowest BCUT2D eigenvalue weighted by Crippen LogP contribution is -2.08. The van der Waals surface area contributed by atoms with E-state index >= 15 is 0 Å². The number of hydrogen-bond donors (Lipinski definition) is 1. The molecule has 3 nitrogen and oxygen atoms in total. The third-order valence-corrected chi connectivity index (χ3v) is 2.79. The van der Waals surface area contributed by atoms with Gasteiger partial charge in [0.25, 0.3) is 0 Å². The summed E-state index contributed by atoms with van der Waals surface area (Å²) in [6, 6.07) is 0. The molecule has 0 saturated carbocycles. The molecule has 1 aromatic heterocycles. The van der Waals surface area contributed by atoms with E-state index in [4.69, 9.17) is 4.74 Å². The van der Waals surface area contributed by atoms with Crippen molar-refractivity contribution in [1.82, 2.24) is 4.98 Å². The summed E-state index contributed by atoms with van der Waals surface area (Å²) in [6.07, 6.45) is 0. The highest BCUT2D eigenvalue weighted by Crippen LogP contribution is 2.20. The fraction of sp³-hybridized carbons (Fsp3) is 0.667. The van der Waals surface area contributed by atoms with Gasteiger partial charge in [0.1, 0.15) is 0 Å². The first-order valence-electron chi connectivity index (χ1n) is 4.49. The highest BCUT2D eigenvalue weighted by Gasteiger charge is 2.01. The zero-order chi connectivity index (χ0) is 9.68. The Bertz CT molecular complexity index is 241. The van der Waals surface area contributed by atoms with E-state index < -0.39 is 0 Å². The molecule has 0 atom stereocenters. The molecule has 0 fully saturated rings. The van der Waals surface area contributed by atoms with Crippen LogP contribution in [-0.4, -0.2) is 24.7 Å². The topological polar surface area (TPSA) is 34.1 Å². The van der Waals surface area contributed by atoms with E-state index in [9.17, 15) is 0 Å². The van der Waals surface area contributed by atoms with Gasteiger partial charge in [-0.15, -0.1) is 11.3 Å². The summed E-state index contributed by atoms with van der Waals surface area (Å²) in [6.45, 7) is 8.46. The van der Waals surface area contributed by atoms with Crippen LogP contribution < -0.4 is 5.32 Å². The maximum Gasteiger partial charge on any atom is 0.183 e. The number of aromatic nitrogens is 1. The predicted molar refractivity (Wildman–Crippen MR) is 56.6 cm³/mol. The molecule has 0 aliphatic heterocycles. The Morgan fingerprint density at radius 2 is 2.23 bits per heavy atom. The number of hydrogen-bond acceptors (Lipinski definition) is 4. The molecule has 13 heavy (non-hydrogen) atoms. The molecule has 0 amide bonds. The Kier molecular flexibility index (Phi) is 4.18. The molecule has 0 radical (unpaired) electrons. The molecule has 0 unspecified atom stereocenters. The van der Waals surface area contributed by atoms with Crippen LogP contribution >= 0.6 is 11.3 Å². The van der Waals surface area contributed by atoms with Gasteiger partial charge < -0.3 is 10.1 Å². The molecular weight excluding hydrogens is 184 g/mol. The van der Waals surface area contributed by atoms with Crippen LogP contribution in [0.1, 0.15) is 17.5 Å². The van der Waals surface area contributed by atoms with Crippen LogP contribution in [0, 0.1) is 13.8 Å². The normalized spacial score (nSPS) is 10.4. The fourth-order valence-corrected chi connectivity index (χ4v) is 1.76. The number of thiazole rings is 1. The van der Waals surface area contributed by atoms with Gasteiger partial charge in [0, 0.05) is 18.0 Å². The Hall–Kier alpha value is -0.610. The van der Waals surface area contributed by atoms with Crippen molar-refractivity contribution in [3.8, 4) is 0 Å². The van der Waals surface area contributed by atoms with Gasteiger partial charge in [-0.1, -0.05) is 0 Å². The van der Waals surface area contributed by atoms with Crippen molar-refractivity contribution < 1.29 is 4.74 Å². The summed E-state index contributed by atoms with van der Waals surface area (Å²) in [5.41, 5.74) is 1.11. The van der Waals surface area contributed by atoms with Gasteiger partial charge in [-0.25, -0.2) is 4.98 Å². The lowest BCUT2D eigenvalue weighted by Gasteiger charge is -2.01. The molecular formula is C9H16N2OS. The number of rotatable bonds is 5. The second kappa shape index (κ2) is 5.19. The van der Waals surface area contributed by atoms with Gasteiger partial charge >= 0.3 is 0 Å². The average molecular weight is 200 g/mol. The molecule has 0 aliphatic rings. The summed E-state index contributed by atoms with van der Waals surface area (Å²) in [5.74, 6) is 0. The van der Waals surface area contributed by atoms with Gasteiger partial charge in [0.05, 0.1) is 12.3 Å². The Morgan fingerprint density at radius 3 is 2.77 bits per heavy atom. The third kappa shape index (κ3) is 3.32. The Morgan fingerprint density at radius 1 is 1.46 bits per heavy atom. The predicted octanol–water partition coefficient (Wildman–Crippen LogP) is 2.21. The van der Waals surface area contributed by atoms with Crippen molar-refractivity contribution in [2.24, 2.45) is 0 Å². The first-order valence-corrected chi connectivity index (χ1v) is 5.31. The molecule has 0 aromatic carbocycles. The highest BCUT2D eigenvalue weighted by molar-refractivity contribution is 7.15. The lowest BCUT2D eigenvalue weighted by molar-refractivity contribution is 0.158. The number of nitrogens with zero attached hydrogens (tertiary/aromatic N) is 1. The van der Waals surface area contributed by atoms with E-state index in [1.165, 1.54) is 4.88 Å². The fourth-order valence-electron chi connectivity index (χ4n) is 0.923. The smallest absolute Gasteiger partial charge is 0.183 e. The Balaban J connectivity index is 2.29. The van der Waals surface area contributed by atoms with Crippen molar-refractivity contribution in [3.05, 3.63) is 10.6 Å². The maximum atomic E-state index is 5.21. The van der Waals surface area contributed by atoms with E-state index in [0.29, 0.717) is 0 Å². The van der Waals surface area contributed by atoms with Crippen LogP contribution in [0.5, 0.6) is 0 Å². The van der Waals surface area contributed by atoms with Crippen molar-refractivity contribution in [3.63, 3.8) is 0 Å². The quantitative estimate of drug-likeness (QED) is 0.740. The van der Waals surface area contributed by atoms with Gasteiger partial charge in [0.2, 0.25) is 0 Å². The average Bonchev–Trinajstić information content (AvgIpc) is 2.41. The summed E-state index contributed by atoms with van der Waals surface area (Å²) < 4.78 is 5.21. The first kappa shape index (κ1) is 10.5. The van der Waals surface area contributed by atoms with E-state index in [1.807, 2.05) is 13.8 Å². The van der Waals surface area contributed by atoms with E-state index in [-0.39, 0.29) is 0 Å². The van der Waals surface area contributed by atoms with Gasteiger partial charge in [0.15, 0.2) is 5.13 Å². The zero-order valence-electron chi connectivity index (χ0n) is 8.39. The van der Waals surface area contributed by atoms with Gasteiger partial charge in [-0.05, 0) is 20.8 Å². The van der Waals surface area contributed by atoms with E-state index in [2.05, 4.69) is 17.2 Å². The van der Waals surface area contributed by atoms with Crippen molar-refractivity contribution >= 4 is 16.5 Å². The van der Waals surface area contributed by atoms with Crippen LogP contribution in [0.2, 0.25) is 0 Å². The third-order valence-electron chi connectivity index (χ3n) is 1.76. The largest absolute Gasteiger partial charge is 0.380 e. The number of anilines is 1. The molecule has 0 bridgehead atoms. The number of aryl methyl sites for hydroxylation is 2. The molecule has 1 N–H and O–H groups in total. The second-order valence-corrected chi connectivity index (χ2v) is 3.99. The van der Waals surface area contributed by atoms with Gasteiger partial charge in [-0.2, -0.15) is 0 Å². The van der Waals surface area contributed by atoms with E-state index in [1.54, 1.807) is 11.3 Å². The van der Waals surface area contributed by atoms with Crippen LogP contribution in [0.4, 0.5) is 5.13 Å². The van der Waals surface area contributed by atoms with E-state index in [0.717, 1.165) is 30.6 Å².